The summed E-state index contributed by atoms with van der Waals surface area (Å²) in [5, 5.41) is 3.02. The van der Waals surface area contributed by atoms with E-state index in [4.69, 9.17) is 9.47 Å². The van der Waals surface area contributed by atoms with E-state index in [-0.39, 0.29) is 12.0 Å². The Labute approximate surface area is 164 Å². The summed E-state index contributed by atoms with van der Waals surface area (Å²) in [6.07, 6.45) is 2.36. The molecule has 5 heteroatoms. The number of carbonyl (C=O) groups excluding carboxylic acids is 1. The molecule has 0 aliphatic carbocycles. The Bertz CT molecular complexity index is 589. The molecule has 1 aromatic rings. The molecule has 0 radical (unpaired) electrons. The normalized spacial score (nSPS) is 17.9. The average molecular weight is 377 g/mol. The summed E-state index contributed by atoms with van der Waals surface area (Å²) in [7, 11) is 0. The van der Waals surface area contributed by atoms with Crippen LogP contribution in [-0.4, -0.2) is 56.3 Å². The Hall–Kier alpha value is -1.59. The fraction of sp³-hybridized carbons (Fsp3) is 0.682. The number of hydrogen-bond acceptors (Lipinski definition) is 4. The highest BCUT2D eigenvalue weighted by Crippen LogP contribution is 2.19. The van der Waals surface area contributed by atoms with Gasteiger partial charge in [-0.25, -0.2) is 0 Å². The lowest BCUT2D eigenvalue weighted by atomic mass is 10.1. The Balaban J connectivity index is 1.56. The van der Waals surface area contributed by atoms with E-state index >= 15 is 0 Å². The molecule has 2 rings (SSSR count). The monoisotopic (exact) mass is 376 g/mol. The number of nitrogens with zero attached hydrogens (tertiary/aromatic N) is 1. The fourth-order valence-corrected chi connectivity index (χ4v) is 3.33. The SMILES string of the molecule is Cc1ccc(C)c(OCCCCC(=O)NCC2CN(CC(C)C)CCO2)c1. The zero-order chi connectivity index (χ0) is 19.6. The van der Waals surface area contributed by atoms with Gasteiger partial charge in [0.05, 0.1) is 19.3 Å². The van der Waals surface area contributed by atoms with Gasteiger partial charge in [-0.2, -0.15) is 0 Å². The van der Waals surface area contributed by atoms with E-state index < -0.39 is 0 Å². The maximum atomic E-state index is 12.1. The predicted octanol–water partition coefficient (Wildman–Crippen LogP) is 3.33. The molecular formula is C22H36N2O3. The quantitative estimate of drug-likeness (QED) is 0.637. The minimum atomic E-state index is 0.103. The van der Waals surface area contributed by atoms with Crippen molar-refractivity contribution in [3.05, 3.63) is 29.3 Å². The second kappa shape index (κ2) is 11.3. The van der Waals surface area contributed by atoms with Crippen LogP contribution in [0.4, 0.5) is 0 Å². The van der Waals surface area contributed by atoms with Crippen molar-refractivity contribution in [2.24, 2.45) is 5.92 Å². The first-order valence-electron chi connectivity index (χ1n) is 10.2. The second-order valence-corrected chi connectivity index (χ2v) is 8.02. The van der Waals surface area contributed by atoms with E-state index in [1.54, 1.807) is 0 Å². The highest BCUT2D eigenvalue weighted by atomic mass is 16.5. The first-order valence-corrected chi connectivity index (χ1v) is 10.2. The van der Waals surface area contributed by atoms with Gasteiger partial charge in [0.1, 0.15) is 5.75 Å². The van der Waals surface area contributed by atoms with Gasteiger partial charge in [0, 0.05) is 32.6 Å². The zero-order valence-corrected chi connectivity index (χ0v) is 17.4. The van der Waals surface area contributed by atoms with Gasteiger partial charge in [-0.3, -0.25) is 9.69 Å². The van der Waals surface area contributed by atoms with Crippen LogP contribution in [-0.2, 0) is 9.53 Å². The molecule has 0 saturated carbocycles. The van der Waals surface area contributed by atoms with Crippen LogP contribution in [0.3, 0.4) is 0 Å². The number of amides is 1. The van der Waals surface area contributed by atoms with Gasteiger partial charge in [0.25, 0.3) is 0 Å². The Morgan fingerprint density at radius 2 is 2.15 bits per heavy atom. The lowest BCUT2D eigenvalue weighted by Gasteiger charge is -2.33. The van der Waals surface area contributed by atoms with Crippen LogP contribution >= 0.6 is 0 Å². The van der Waals surface area contributed by atoms with Crippen LogP contribution in [0.5, 0.6) is 5.75 Å². The van der Waals surface area contributed by atoms with Gasteiger partial charge in [-0.15, -0.1) is 0 Å². The third kappa shape index (κ3) is 8.31. The molecule has 1 N–H and O–H groups in total. The molecule has 1 fully saturated rings. The van der Waals surface area contributed by atoms with E-state index in [1.165, 1.54) is 5.56 Å². The fourth-order valence-electron chi connectivity index (χ4n) is 3.33. The number of ether oxygens (including phenoxy) is 2. The van der Waals surface area contributed by atoms with Crippen LogP contribution < -0.4 is 10.1 Å². The van der Waals surface area contributed by atoms with Crippen LogP contribution in [0, 0.1) is 19.8 Å². The highest BCUT2D eigenvalue weighted by Gasteiger charge is 2.21. The molecule has 0 bridgehead atoms. The van der Waals surface area contributed by atoms with Crippen molar-refractivity contribution in [1.29, 1.82) is 0 Å². The van der Waals surface area contributed by atoms with E-state index in [9.17, 15) is 4.79 Å². The van der Waals surface area contributed by atoms with E-state index in [0.29, 0.717) is 25.5 Å². The van der Waals surface area contributed by atoms with Crippen molar-refractivity contribution >= 4 is 5.91 Å². The molecule has 1 amide bonds. The lowest BCUT2D eigenvalue weighted by molar-refractivity contribution is -0.122. The molecule has 1 aromatic carbocycles. The van der Waals surface area contributed by atoms with Crippen molar-refractivity contribution in [3.63, 3.8) is 0 Å². The van der Waals surface area contributed by atoms with Crippen molar-refractivity contribution in [2.75, 3.05) is 39.4 Å². The zero-order valence-electron chi connectivity index (χ0n) is 17.4. The number of morpholine rings is 1. The molecular weight excluding hydrogens is 340 g/mol. The summed E-state index contributed by atoms with van der Waals surface area (Å²) in [6, 6.07) is 6.23. The number of rotatable bonds is 10. The molecule has 152 valence electrons. The summed E-state index contributed by atoms with van der Waals surface area (Å²) < 4.78 is 11.6. The molecule has 1 saturated heterocycles. The maximum absolute atomic E-state index is 12.1. The van der Waals surface area contributed by atoms with Gasteiger partial charge in [-0.05, 0) is 49.8 Å². The van der Waals surface area contributed by atoms with Crippen molar-refractivity contribution in [3.8, 4) is 5.75 Å². The standard InChI is InChI=1S/C22H36N2O3/c1-17(2)15-24-10-12-26-20(16-24)14-23-22(25)7-5-6-11-27-21-13-18(3)8-9-19(21)4/h8-9,13,17,20H,5-7,10-12,14-16H2,1-4H3,(H,23,25). The minimum Gasteiger partial charge on any atom is -0.493 e. The molecule has 1 aliphatic rings. The topological polar surface area (TPSA) is 50.8 Å². The van der Waals surface area contributed by atoms with E-state index in [2.05, 4.69) is 56.1 Å². The largest absolute Gasteiger partial charge is 0.493 e. The number of aryl methyl sites for hydroxylation is 2. The molecule has 1 aliphatic heterocycles. The Kier molecular flexibility index (Phi) is 9.08. The average Bonchev–Trinajstić information content (AvgIpc) is 2.62. The summed E-state index contributed by atoms with van der Waals surface area (Å²) >= 11 is 0. The highest BCUT2D eigenvalue weighted by molar-refractivity contribution is 5.75. The van der Waals surface area contributed by atoms with Crippen LogP contribution in [0.2, 0.25) is 0 Å². The third-order valence-electron chi connectivity index (χ3n) is 4.77. The molecule has 5 nitrogen and oxygen atoms in total. The molecule has 1 atom stereocenters. The Morgan fingerprint density at radius 1 is 1.33 bits per heavy atom. The van der Waals surface area contributed by atoms with Crippen LogP contribution in [0.25, 0.3) is 0 Å². The molecule has 1 heterocycles. The molecule has 27 heavy (non-hydrogen) atoms. The van der Waals surface area contributed by atoms with Gasteiger partial charge in [0.15, 0.2) is 0 Å². The lowest BCUT2D eigenvalue weighted by Crippen LogP contribution is -2.48. The third-order valence-corrected chi connectivity index (χ3v) is 4.77. The predicted molar refractivity (Wildman–Crippen MR) is 109 cm³/mol. The van der Waals surface area contributed by atoms with Gasteiger partial charge in [-0.1, -0.05) is 26.0 Å². The second-order valence-electron chi connectivity index (χ2n) is 8.02. The van der Waals surface area contributed by atoms with Gasteiger partial charge in [0.2, 0.25) is 5.91 Å². The first kappa shape index (κ1) is 21.7. The smallest absolute Gasteiger partial charge is 0.220 e. The Morgan fingerprint density at radius 3 is 2.93 bits per heavy atom. The minimum absolute atomic E-state index is 0.103. The van der Waals surface area contributed by atoms with E-state index in [0.717, 1.165) is 50.4 Å². The number of unbranched alkanes of at least 4 members (excludes halogenated alkanes) is 1. The number of nitrogens with one attached hydrogen (secondary N) is 1. The number of carbonyl (C=O) groups is 1. The van der Waals surface area contributed by atoms with E-state index in [1.807, 2.05) is 0 Å². The summed E-state index contributed by atoms with van der Waals surface area (Å²) in [4.78, 5) is 14.5. The summed E-state index contributed by atoms with van der Waals surface area (Å²) in [6.45, 7) is 13.6. The van der Waals surface area contributed by atoms with Crippen LogP contribution in [0.15, 0.2) is 18.2 Å². The molecule has 0 aromatic heterocycles. The summed E-state index contributed by atoms with van der Waals surface area (Å²) in [5.41, 5.74) is 2.35. The molecule has 1 unspecified atom stereocenters. The van der Waals surface area contributed by atoms with Crippen molar-refractivity contribution in [2.45, 2.75) is 53.1 Å². The van der Waals surface area contributed by atoms with Crippen LogP contribution in [0.1, 0.15) is 44.2 Å². The summed E-state index contributed by atoms with van der Waals surface area (Å²) in [5.74, 6) is 1.70. The van der Waals surface area contributed by atoms with Gasteiger partial charge >= 0.3 is 0 Å². The van der Waals surface area contributed by atoms with Crippen molar-refractivity contribution < 1.29 is 14.3 Å². The number of benzene rings is 1. The van der Waals surface area contributed by atoms with Gasteiger partial charge < -0.3 is 14.8 Å². The first-order chi connectivity index (χ1) is 12.9. The maximum Gasteiger partial charge on any atom is 0.220 e. The molecule has 0 spiro atoms. The van der Waals surface area contributed by atoms with Crippen molar-refractivity contribution in [1.82, 2.24) is 10.2 Å². The number of hydrogen-bond donors (Lipinski definition) is 1.